The topological polar surface area (TPSA) is 40.5 Å². The maximum Gasteiger partial charge on any atom is 0.241 e. The molecule has 0 bridgehead atoms. The maximum atomic E-state index is 12.9. The fourth-order valence-corrected chi connectivity index (χ4v) is 4.37. The van der Waals surface area contributed by atoms with Crippen LogP contribution in [-0.2, 0) is 4.79 Å². The van der Waals surface area contributed by atoms with Crippen molar-refractivity contribution in [1.29, 1.82) is 0 Å². The van der Waals surface area contributed by atoms with E-state index in [4.69, 9.17) is 0 Å². The van der Waals surface area contributed by atoms with Gasteiger partial charge in [0.05, 0.1) is 5.25 Å². The maximum absolute atomic E-state index is 12.9. The quantitative estimate of drug-likeness (QED) is 0.794. The molecule has 1 saturated heterocycles. The van der Waals surface area contributed by atoms with Gasteiger partial charge in [-0.05, 0) is 48.6 Å². The van der Waals surface area contributed by atoms with Crippen molar-refractivity contribution >= 4 is 29.4 Å². The summed E-state index contributed by atoms with van der Waals surface area (Å²) in [5, 5.41) is 10.1. The largest absolute Gasteiger partial charge is 0.508 e. The molecule has 1 heterocycles. The van der Waals surface area contributed by atoms with Crippen LogP contribution in [0, 0.1) is 6.92 Å². The Kier molecular flexibility index (Phi) is 5.42. The van der Waals surface area contributed by atoms with Crippen LogP contribution in [0.1, 0.15) is 43.4 Å². The first-order chi connectivity index (χ1) is 12.4. The van der Waals surface area contributed by atoms with Gasteiger partial charge in [0.1, 0.15) is 11.1 Å². The smallest absolute Gasteiger partial charge is 0.241 e. The van der Waals surface area contributed by atoms with Crippen molar-refractivity contribution in [2.45, 2.75) is 44.2 Å². The third-order valence-electron chi connectivity index (χ3n) is 4.66. The Bertz CT molecular complexity index is 830. The van der Waals surface area contributed by atoms with Gasteiger partial charge >= 0.3 is 0 Å². The molecule has 0 radical (unpaired) electrons. The Balaban J connectivity index is 1.99. The average Bonchev–Trinajstić information content (AvgIpc) is 2.88. The molecule has 4 heteroatoms. The summed E-state index contributed by atoms with van der Waals surface area (Å²) in [4.78, 5) is 14.7. The second kappa shape index (κ2) is 7.58. The molecule has 2 unspecified atom stereocenters. The third-order valence-corrected chi connectivity index (χ3v) is 5.92. The van der Waals surface area contributed by atoms with E-state index < -0.39 is 0 Å². The molecule has 0 spiro atoms. The normalized spacial score (nSPS) is 20.5. The van der Waals surface area contributed by atoms with E-state index in [9.17, 15) is 9.90 Å². The van der Waals surface area contributed by atoms with Crippen LogP contribution in [0.5, 0.6) is 5.75 Å². The number of aromatic hydroxyl groups is 1. The lowest BCUT2D eigenvalue weighted by Crippen LogP contribution is -2.33. The molecular formula is C22H25NO2S. The summed E-state index contributed by atoms with van der Waals surface area (Å²) in [7, 11) is 0. The molecule has 136 valence electrons. The van der Waals surface area contributed by atoms with Crippen molar-refractivity contribution in [3.8, 4) is 5.75 Å². The van der Waals surface area contributed by atoms with Gasteiger partial charge in [0.15, 0.2) is 0 Å². The Labute approximate surface area is 159 Å². The van der Waals surface area contributed by atoms with Crippen LogP contribution < -0.4 is 4.90 Å². The third kappa shape index (κ3) is 3.65. The predicted molar refractivity (Wildman–Crippen MR) is 111 cm³/mol. The Morgan fingerprint density at radius 2 is 1.88 bits per heavy atom. The van der Waals surface area contributed by atoms with Crippen LogP contribution in [-0.4, -0.2) is 21.6 Å². The van der Waals surface area contributed by atoms with Crippen molar-refractivity contribution in [3.05, 3.63) is 65.2 Å². The first-order valence-corrected chi connectivity index (χ1v) is 9.88. The minimum absolute atomic E-state index is 0.0547. The van der Waals surface area contributed by atoms with E-state index >= 15 is 0 Å². The summed E-state index contributed by atoms with van der Waals surface area (Å²) < 4.78 is 0. The van der Waals surface area contributed by atoms with Crippen LogP contribution >= 0.6 is 11.8 Å². The van der Waals surface area contributed by atoms with E-state index in [2.05, 4.69) is 12.2 Å². The second-order valence-corrected chi connectivity index (χ2v) is 8.46. The average molecular weight is 368 g/mol. The number of rotatable bonds is 4. The van der Waals surface area contributed by atoms with E-state index in [-0.39, 0.29) is 22.4 Å². The molecule has 0 aromatic heterocycles. The number of amides is 1. The first-order valence-electron chi connectivity index (χ1n) is 8.93. The number of phenols is 1. The lowest BCUT2D eigenvalue weighted by molar-refractivity contribution is -0.117. The van der Waals surface area contributed by atoms with E-state index in [1.807, 2.05) is 69.0 Å². The van der Waals surface area contributed by atoms with Gasteiger partial charge in [0, 0.05) is 5.69 Å². The van der Waals surface area contributed by atoms with Crippen molar-refractivity contribution in [2.75, 3.05) is 4.90 Å². The number of thioether (sulfide) groups is 1. The fraction of sp³-hybridized carbons (Fsp3) is 0.318. The molecule has 1 amide bonds. The number of carbonyl (C=O) groups excluding carboxylic acids is 1. The zero-order valence-electron chi connectivity index (χ0n) is 15.6. The van der Waals surface area contributed by atoms with Crippen molar-refractivity contribution in [1.82, 2.24) is 0 Å². The lowest BCUT2D eigenvalue weighted by Gasteiger charge is -2.25. The summed E-state index contributed by atoms with van der Waals surface area (Å²) in [6.07, 6.45) is 4.15. The first kappa shape index (κ1) is 18.6. The molecule has 0 saturated carbocycles. The van der Waals surface area contributed by atoms with Gasteiger partial charge in [0.2, 0.25) is 5.91 Å². The highest BCUT2D eigenvalue weighted by molar-refractivity contribution is 8.02. The van der Waals surface area contributed by atoms with Crippen molar-refractivity contribution in [2.24, 2.45) is 0 Å². The van der Waals surface area contributed by atoms with E-state index in [1.54, 1.807) is 17.8 Å². The highest BCUT2D eigenvalue weighted by Crippen LogP contribution is 2.41. The zero-order chi connectivity index (χ0) is 18.8. The summed E-state index contributed by atoms with van der Waals surface area (Å²) in [5.74, 6) is 0.599. The van der Waals surface area contributed by atoms with Gasteiger partial charge in [-0.2, -0.15) is 0 Å². The molecule has 1 aliphatic heterocycles. The van der Waals surface area contributed by atoms with Gasteiger partial charge < -0.3 is 5.11 Å². The molecule has 2 atom stereocenters. The number of hydrogen-bond donors (Lipinski definition) is 1. The fourth-order valence-electron chi connectivity index (χ4n) is 3.21. The molecule has 0 aliphatic carbocycles. The van der Waals surface area contributed by atoms with Crippen LogP contribution in [0.4, 0.5) is 5.69 Å². The molecule has 1 fully saturated rings. The van der Waals surface area contributed by atoms with Gasteiger partial charge in [-0.15, -0.1) is 11.8 Å². The molecule has 26 heavy (non-hydrogen) atoms. The van der Waals surface area contributed by atoms with Gasteiger partial charge in [-0.1, -0.05) is 56.3 Å². The van der Waals surface area contributed by atoms with E-state index in [0.717, 1.165) is 22.4 Å². The van der Waals surface area contributed by atoms with Gasteiger partial charge in [-0.3, -0.25) is 9.69 Å². The highest BCUT2D eigenvalue weighted by atomic mass is 32.2. The number of aryl methyl sites for hydroxylation is 1. The minimum atomic E-state index is -0.0869. The van der Waals surface area contributed by atoms with Gasteiger partial charge in [-0.25, -0.2) is 0 Å². The van der Waals surface area contributed by atoms with Crippen LogP contribution in [0.25, 0.3) is 6.08 Å². The Morgan fingerprint density at radius 3 is 2.54 bits per heavy atom. The minimum Gasteiger partial charge on any atom is -0.508 e. The number of carbonyl (C=O) groups is 1. The number of benzene rings is 2. The Morgan fingerprint density at radius 1 is 1.19 bits per heavy atom. The number of hydrogen-bond acceptors (Lipinski definition) is 3. The Hall–Kier alpha value is -2.20. The summed E-state index contributed by atoms with van der Waals surface area (Å²) in [5.41, 5.74) is 3.78. The molecule has 1 N–H and O–H groups in total. The number of phenolic OH excluding ortho intramolecular Hbond substituents is 1. The van der Waals surface area contributed by atoms with Crippen LogP contribution in [0.2, 0.25) is 0 Å². The molecule has 2 aromatic rings. The molecular weight excluding hydrogens is 342 g/mol. The lowest BCUT2D eigenvalue weighted by atomic mass is 9.98. The van der Waals surface area contributed by atoms with Crippen molar-refractivity contribution < 1.29 is 9.90 Å². The molecule has 1 aliphatic rings. The molecule has 2 aromatic carbocycles. The summed E-state index contributed by atoms with van der Waals surface area (Å²) in [6, 6.07) is 13.8. The zero-order valence-corrected chi connectivity index (χ0v) is 16.5. The summed E-state index contributed by atoms with van der Waals surface area (Å²) in [6.45, 7) is 7.99. The van der Waals surface area contributed by atoms with E-state index in [0.29, 0.717) is 5.75 Å². The van der Waals surface area contributed by atoms with E-state index in [1.165, 1.54) is 0 Å². The SMILES string of the molecule is Cc1cc(O)c(C(C)C)cc1N1C(=O)C(C)SC1/C=C/c1ccccc1. The van der Waals surface area contributed by atoms with Crippen molar-refractivity contribution in [3.63, 3.8) is 0 Å². The van der Waals surface area contributed by atoms with Gasteiger partial charge in [0.25, 0.3) is 0 Å². The summed E-state index contributed by atoms with van der Waals surface area (Å²) >= 11 is 1.65. The molecule has 3 nitrogen and oxygen atoms in total. The predicted octanol–water partition coefficient (Wildman–Crippen LogP) is 5.33. The van der Waals surface area contributed by atoms with Crippen LogP contribution in [0.3, 0.4) is 0 Å². The standard InChI is InChI=1S/C22H25NO2S/c1-14(2)18-13-19(15(3)12-20(18)24)23-21(26-16(4)22(23)25)11-10-17-8-6-5-7-9-17/h5-14,16,21,24H,1-4H3/b11-10+. The number of nitrogens with zero attached hydrogens (tertiary/aromatic N) is 1. The van der Waals surface area contributed by atoms with Crippen LogP contribution in [0.15, 0.2) is 48.5 Å². The number of anilines is 1. The highest BCUT2D eigenvalue weighted by Gasteiger charge is 2.38. The molecule has 3 rings (SSSR count). The monoisotopic (exact) mass is 367 g/mol. The second-order valence-electron chi connectivity index (χ2n) is 7.00.